The molecule has 0 bridgehead atoms. The molecular formula is C21H23N5OS. The number of thiazole rings is 1. The van der Waals surface area contributed by atoms with E-state index in [1.165, 1.54) is 24.2 Å². The van der Waals surface area contributed by atoms with Gasteiger partial charge in [-0.25, -0.2) is 9.67 Å². The van der Waals surface area contributed by atoms with Crippen molar-refractivity contribution in [3.05, 3.63) is 53.8 Å². The Morgan fingerprint density at radius 1 is 1.25 bits per heavy atom. The monoisotopic (exact) mass is 393 g/mol. The third kappa shape index (κ3) is 3.14. The quantitative estimate of drug-likeness (QED) is 0.713. The minimum absolute atomic E-state index is 0.0714. The van der Waals surface area contributed by atoms with Crippen molar-refractivity contribution in [1.29, 1.82) is 0 Å². The zero-order chi connectivity index (χ0) is 19.0. The standard InChI is InChI=1S/C21H23N5OS/c27-19(25-18-8-11-22-21(18)9-4-5-10-21)17-14-28-20(24-17)15-12-23-26(13-15)16-6-2-1-3-7-16/h1-3,6-7,12-14,18,22H,4-5,8-11H2,(H,25,27). The summed E-state index contributed by atoms with van der Waals surface area (Å²) >= 11 is 1.48. The van der Waals surface area contributed by atoms with E-state index in [0.29, 0.717) is 5.69 Å². The molecule has 1 atom stereocenters. The Hall–Kier alpha value is -2.51. The second kappa shape index (κ2) is 7.14. The number of amides is 1. The van der Waals surface area contributed by atoms with Crippen molar-refractivity contribution in [2.24, 2.45) is 0 Å². The number of nitrogens with zero attached hydrogens (tertiary/aromatic N) is 3. The molecule has 1 spiro atoms. The Morgan fingerprint density at radius 3 is 2.89 bits per heavy atom. The molecule has 1 unspecified atom stereocenters. The highest BCUT2D eigenvalue weighted by molar-refractivity contribution is 7.13. The van der Waals surface area contributed by atoms with Gasteiger partial charge in [0, 0.05) is 28.7 Å². The van der Waals surface area contributed by atoms with Crippen molar-refractivity contribution in [3.8, 4) is 16.3 Å². The summed E-state index contributed by atoms with van der Waals surface area (Å²) in [7, 11) is 0. The van der Waals surface area contributed by atoms with Gasteiger partial charge >= 0.3 is 0 Å². The molecule has 6 nitrogen and oxygen atoms in total. The Bertz CT molecular complexity index is 968. The van der Waals surface area contributed by atoms with Crippen LogP contribution in [0.15, 0.2) is 48.1 Å². The predicted octanol–water partition coefficient (Wildman–Crippen LogP) is 3.40. The van der Waals surface area contributed by atoms with Gasteiger partial charge in [0.1, 0.15) is 10.7 Å². The van der Waals surface area contributed by atoms with Gasteiger partial charge in [-0.2, -0.15) is 5.10 Å². The first-order valence-corrected chi connectivity index (χ1v) is 10.7. The molecule has 2 aromatic heterocycles. The lowest BCUT2D eigenvalue weighted by atomic mass is 9.90. The van der Waals surface area contributed by atoms with Crippen LogP contribution in [0.1, 0.15) is 42.6 Å². The summed E-state index contributed by atoms with van der Waals surface area (Å²) in [5.74, 6) is -0.0714. The van der Waals surface area contributed by atoms with E-state index in [2.05, 4.69) is 20.7 Å². The molecule has 28 heavy (non-hydrogen) atoms. The van der Waals surface area contributed by atoms with Gasteiger partial charge in [-0.1, -0.05) is 31.0 Å². The lowest BCUT2D eigenvalue weighted by molar-refractivity contribution is 0.0914. The molecule has 2 N–H and O–H groups in total. The van der Waals surface area contributed by atoms with Crippen LogP contribution in [0.2, 0.25) is 0 Å². The van der Waals surface area contributed by atoms with E-state index in [1.807, 2.05) is 46.6 Å². The molecule has 1 saturated heterocycles. The number of para-hydroxylation sites is 1. The maximum absolute atomic E-state index is 12.8. The van der Waals surface area contributed by atoms with Crippen LogP contribution in [0.4, 0.5) is 0 Å². The highest BCUT2D eigenvalue weighted by atomic mass is 32.1. The zero-order valence-electron chi connectivity index (χ0n) is 15.6. The van der Waals surface area contributed by atoms with Crippen molar-refractivity contribution in [1.82, 2.24) is 25.4 Å². The summed E-state index contributed by atoms with van der Waals surface area (Å²) in [6.45, 7) is 0.978. The van der Waals surface area contributed by atoms with Gasteiger partial charge in [0.25, 0.3) is 5.91 Å². The van der Waals surface area contributed by atoms with Crippen LogP contribution >= 0.6 is 11.3 Å². The van der Waals surface area contributed by atoms with E-state index in [-0.39, 0.29) is 17.5 Å². The van der Waals surface area contributed by atoms with E-state index < -0.39 is 0 Å². The largest absolute Gasteiger partial charge is 0.346 e. The topological polar surface area (TPSA) is 71.8 Å². The lowest BCUT2D eigenvalue weighted by Crippen LogP contribution is -2.53. The fourth-order valence-electron chi connectivity index (χ4n) is 4.50. The number of carbonyl (C=O) groups excluding carboxylic acids is 1. The number of hydrogen-bond acceptors (Lipinski definition) is 5. The summed E-state index contributed by atoms with van der Waals surface area (Å²) in [5, 5.41) is 14.0. The van der Waals surface area contributed by atoms with Gasteiger partial charge in [-0.3, -0.25) is 4.79 Å². The first-order chi connectivity index (χ1) is 13.7. The van der Waals surface area contributed by atoms with Crippen LogP contribution in [-0.2, 0) is 0 Å². The Balaban J connectivity index is 1.31. The van der Waals surface area contributed by atoms with Crippen molar-refractivity contribution < 1.29 is 4.79 Å². The van der Waals surface area contributed by atoms with Gasteiger partial charge in [0.2, 0.25) is 0 Å². The Morgan fingerprint density at radius 2 is 2.07 bits per heavy atom. The van der Waals surface area contributed by atoms with Crippen molar-refractivity contribution in [2.75, 3.05) is 6.54 Å². The molecule has 0 radical (unpaired) electrons. The molecule has 1 saturated carbocycles. The third-order valence-corrected chi connectivity index (χ3v) is 6.86. The summed E-state index contributed by atoms with van der Waals surface area (Å²) in [6.07, 6.45) is 9.52. The average molecular weight is 394 g/mol. The molecule has 3 aromatic rings. The summed E-state index contributed by atoms with van der Waals surface area (Å²) in [4.78, 5) is 17.4. The average Bonchev–Trinajstić information content (AvgIpc) is 3.52. The minimum atomic E-state index is -0.0714. The van der Waals surface area contributed by atoms with Crippen LogP contribution in [0.5, 0.6) is 0 Å². The molecule has 1 amide bonds. The van der Waals surface area contributed by atoms with Crippen LogP contribution in [0.25, 0.3) is 16.3 Å². The molecule has 1 aromatic carbocycles. The molecule has 2 fully saturated rings. The first kappa shape index (κ1) is 17.6. The van der Waals surface area contributed by atoms with E-state index in [9.17, 15) is 4.79 Å². The Kier molecular flexibility index (Phi) is 4.49. The van der Waals surface area contributed by atoms with Gasteiger partial charge < -0.3 is 10.6 Å². The number of rotatable bonds is 4. The lowest BCUT2D eigenvalue weighted by Gasteiger charge is -2.31. The zero-order valence-corrected chi connectivity index (χ0v) is 16.4. The second-order valence-corrected chi connectivity index (χ2v) is 8.51. The molecule has 3 heterocycles. The molecule has 1 aliphatic heterocycles. The van der Waals surface area contributed by atoms with Gasteiger partial charge in [-0.05, 0) is 37.9 Å². The van der Waals surface area contributed by atoms with Gasteiger partial charge in [0.15, 0.2) is 0 Å². The SMILES string of the molecule is O=C(NC1CCNC12CCCC2)c1csc(-c2cnn(-c3ccccc3)c2)n1. The maximum atomic E-state index is 12.8. The number of nitrogens with one attached hydrogen (secondary N) is 2. The number of carbonyl (C=O) groups is 1. The van der Waals surface area contributed by atoms with E-state index >= 15 is 0 Å². The summed E-state index contributed by atoms with van der Waals surface area (Å²) in [5.41, 5.74) is 2.51. The number of benzene rings is 1. The van der Waals surface area contributed by atoms with Crippen molar-refractivity contribution in [2.45, 2.75) is 43.7 Å². The van der Waals surface area contributed by atoms with Crippen molar-refractivity contribution in [3.63, 3.8) is 0 Å². The second-order valence-electron chi connectivity index (χ2n) is 7.65. The highest BCUT2D eigenvalue weighted by Crippen LogP contribution is 2.37. The van der Waals surface area contributed by atoms with Gasteiger partial charge in [0.05, 0.1) is 11.9 Å². The third-order valence-electron chi connectivity index (χ3n) is 5.97. The normalized spacial score (nSPS) is 20.6. The summed E-state index contributed by atoms with van der Waals surface area (Å²) < 4.78 is 1.82. The fraction of sp³-hybridized carbons (Fsp3) is 0.381. The van der Waals surface area contributed by atoms with E-state index in [4.69, 9.17) is 0 Å². The minimum Gasteiger partial charge on any atom is -0.346 e. The number of aromatic nitrogens is 3. The van der Waals surface area contributed by atoms with E-state index in [1.54, 1.807) is 6.20 Å². The smallest absolute Gasteiger partial charge is 0.271 e. The molecule has 2 aliphatic rings. The van der Waals surface area contributed by atoms with Crippen LogP contribution < -0.4 is 10.6 Å². The van der Waals surface area contributed by atoms with E-state index in [0.717, 1.165) is 42.1 Å². The molecule has 144 valence electrons. The fourth-order valence-corrected chi connectivity index (χ4v) is 5.28. The van der Waals surface area contributed by atoms with Crippen LogP contribution in [-0.4, -0.2) is 38.8 Å². The van der Waals surface area contributed by atoms with Crippen LogP contribution in [0, 0.1) is 0 Å². The Labute approximate surface area is 168 Å². The molecular weight excluding hydrogens is 370 g/mol. The molecule has 7 heteroatoms. The predicted molar refractivity (Wildman–Crippen MR) is 110 cm³/mol. The number of hydrogen-bond donors (Lipinski definition) is 2. The van der Waals surface area contributed by atoms with Gasteiger partial charge in [-0.15, -0.1) is 11.3 Å². The highest BCUT2D eigenvalue weighted by Gasteiger charge is 2.45. The van der Waals surface area contributed by atoms with Crippen LogP contribution in [0.3, 0.4) is 0 Å². The van der Waals surface area contributed by atoms with Crippen molar-refractivity contribution >= 4 is 17.2 Å². The first-order valence-electron chi connectivity index (χ1n) is 9.85. The molecule has 5 rings (SSSR count). The summed E-state index contributed by atoms with van der Waals surface area (Å²) in [6, 6.07) is 10.2. The molecule has 1 aliphatic carbocycles. The maximum Gasteiger partial charge on any atom is 0.271 e.